The number of ether oxygens (including phenoxy) is 1. The standard InChI is InChI=1S/C20H21ClN2O4/c1-6-23-19(25)15(9-22)12(4)16(20(23)26)18(24)13(5)27-14-7-10(2)17(21)11(3)8-14/h7-8,13,26H,6H2,1-5H3. The molecule has 27 heavy (non-hydrogen) atoms. The highest BCUT2D eigenvalue weighted by atomic mass is 35.5. The lowest BCUT2D eigenvalue weighted by Crippen LogP contribution is -2.30. The fraction of sp³-hybridized carbons (Fsp3) is 0.350. The Kier molecular flexibility index (Phi) is 5.97. The molecule has 0 aliphatic heterocycles. The molecule has 0 aliphatic rings. The lowest BCUT2D eigenvalue weighted by atomic mass is 9.99. The topological polar surface area (TPSA) is 92.3 Å². The molecule has 142 valence electrons. The van der Waals surface area contributed by atoms with Crippen LogP contribution in [0.4, 0.5) is 0 Å². The Labute approximate surface area is 162 Å². The molecular formula is C20H21ClN2O4. The number of benzene rings is 1. The fourth-order valence-corrected chi connectivity index (χ4v) is 3.08. The Morgan fingerprint density at radius 2 is 1.89 bits per heavy atom. The van der Waals surface area contributed by atoms with Gasteiger partial charge >= 0.3 is 0 Å². The number of hydrogen-bond acceptors (Lipinski definition) is 5. The molecule has 7 heteroatoms. The van der Waals surface area contributed by atoms with Gasteiger partial charge in [0, 0.05) is 11.6 Å². The minimum atomic E-state index is -0.941. The molecule has 0 fully saturated rings. The number of ketones is 1. The Morgan fingerprint density at radius 3 is 2.37 bits per heavy atom. The number of aromatic nitrogens is 1. The van der Waals surface area contributed by atoms with Crippen molar-refractivity contribution in [3.8, 4) is 17.7 Å². The molecule has 0 saturated carbocycles. The van der Waals surface area contributed by atoms with Gasteiger partial charge in [0.05, 0.1) is 5.56 Å². The summed E-state index contributed by atoms with van der Waals surface area (Å²) < 4.78 is 6.75. The molecule has 1 aromatic heterocycles. The maximum Gasteiger partial charge on any atom is 0.271 e. The number of nitrogens with zero attached hydrogens (tertiary/aromatic N) is 2. The molecule has 0 bridgehead atoms. The van der Waals surface area contributed by atoms with Gasteiger partial charge in [-0.05, 0) is 63.4 Å². The summed E-state index contributed by atoms with van der Waals surface area (Å²) in [7, 11) is 0. The van der Waals surface area contributed by atoms with Crippen molar-refractivity contribution in [2.45, 2.75) is 47.3 Å². The van der Waals surface area contributed by atoms with Crippen LogP contribution in [0, 0.1) is 32.1 Å². The second kappa shape index (κ2) is 7.85. The zero-order valence-electron chi connectivity index (χ0n) is 15.9. The van der Waals surface area contributed by atoms with Crippen molar-refractivity contribution in [3.05, 3.63) is 55.3 Å². The van der Waals surface area contributed by atoms with Gasteiger partial charge in [0.1, 0.15) is 17.4 Å². The highest BCUT2D eigenvalue weighted by Crippen LogP contribution is 2.28. The molecule has 1 aromatic carbocycles. The molecule has 0 amide bonds. The van der Waals surface area contributed by atoms with Crippen molar-refractivity contribution < 1.29 is 14.6 Å². The van der Waals surface area contributed by atoms with E-state index in [4.69, 9.17) is 16.3 Å². The van der Waals surface area contributed by atoms with Gasteiger partial charge in [-0.25, -0.2) is 0 Å². The quantitative estimate of drug-likeness (QED) is 0.789. The number of carbonyl (C=O) groups is 1. The number of halogens is 1. The van der Waals surface area contributed by atoms with E-state index in [0.717, 1.165) is 15.7 Å². The van der Waals surface area contributed by atoms with Crippen LogP contribution in [0.15, 0.2) is 16.9 Å². The molecule has 2 rings (SSSR count). The van der Waals surface area contributed by atoms with E-state index in [1.807, 2.05) is 19.9 Å². The zero-order valence-corrected chi connectivity index (χ0v) is 16.6. The number of Topliss-reactive ketones (excluding diaryl/α,β-unsaturated/α-hetero) is 1. The highest BCUT2D eigenvalue weighted by Gasteiger charge is 2.28. The largest absolute Gasteiger partial charge is 0.494 e. The first kappa shape index (κ1) is 20.5. The summed E-state index contributed by atoms with van der Waals surface area (Å²) in [6.45, 7) is 8.46. The van der Waals surface area contributed by atoms with Gasteiger partial charge in [0.25, 0.3) is 5.56 Å². The normalized spacial score (nSPS) is 11.7. The summed E-state index contributed by atoms with van der Waals surface area (Å²) in [4.78, 5) is 25.2. The third-order valence-electron chi connectivity index (χ3n) is 4.45. The summed E-state index contributed by atoms with van der Waals surface area (Å²) in [6, 6.07) is 5.26. The highest BCUT2D eigenvalue weighted by molar-refractivity contribution is 6.32. The van der Waals surface area contributed by atoms with Crippen molar-refractivity contribution in [1.29, 1.82) is 5.26 Å². The van der Waals surface area contributed by atoms with E-state index in [1.165, 1.54) is 6.92 Å². The Morgan fingerprint density at radius 1 is 1.33 bits per heavy atom. The molecule has 0 aliphatic carbocycles. The van der Waals surface area contributed by atoms with Crippen molar-refractivity contribution in [2.75, 3.05) is 0 Å². The van der Waals surface area contributed by atoms with E-state index in [9.17, 15) is 20.0 Å². The molecule has 0 saturated heterocycles. The van der Waals surface area contributed by atoms with Crippen LogP contribution in [-0.2, 0) is 6.54 Å². The van der Waals surface area contributed by atoms with Gasteiger partial charge < -0.3 is 9.84 Å². The fourth-order valence-electron chi connectivity index (χ4n) is 2.97. The van der Waals surface area contributed by atoms with Crippen LogP contribution in [0.2, 0.25) is 5.02 Å². The maximum atomic E-state index is 12.9. The molecular weight excluding hydrogens is 368 g/mol. The van der Waals surface area contributed by atoms with Crippen LogP contribution in [0.25, 0.3) is 0 Å². The van der Waals surface area contributed by atoms with E-state index in [0.29, 0.717) is 10.8 Å². The van der Waals surface area contributed by atoms with E-state index >= 15 is 0 Å². The van der Waals surface area contributed by atoms with Gasteiger partial charge in [-0.15, -0.1) is 0 Å². The number of carbonyl (C=O) groups excluding carboxylic acids is 1. The number of hydrogen-bond donors (Lipinski definition) is 1. The van der Waals surface area contributed by atoms with E-state index < -0.39 is 23.3 Å². The summed E-state index contributed by atoms with van der Waals surface area (Å²) in [5.41, 5.74) is 0.914. The third kappa shape index (κ3) is 3.69. The van der Waals surface area contributed by atoms with Gasteiger partial charge in [0.2, 0.25) is 11.7 Å². The van der Waals surface area contributed by atoms with Crippen LogP contribution in [0.5, 0.6) is 11.6 Å². The van der Waals surface area contributed by atoms with Crippen molar-refractivity contribution in [2.24, 2.45) is 0 Å². The Bertz CT molecular complexity index is 995. The number of nitriles is 1. The van der Waals surface area contributed by atoms with Gasteiger partial charge in [-0.2, -0.15) is 5.26 Å². The third-order valence-corrected chi connectivity index (χ3v) is 5.05. The number of aryl methyl sites for hydroxylation is 2. The number of rotatable bonds is 5. The SMILES string of the molecule is CCn1c(O)c(C(=O)C(C)Oc2cc(C)c(Cl)c(C)c2)c(C)c(C#N)c1=O. The minimum absolute atomic E-state index is 0.0806. The van der Waals surface area contributed by atoms with Gasteiger partial charge in [-0.1, -0.05) is 11.6 Å². The second-order valence-corrected chi connectivity index (χ2v) is 6.73. The molecule has 0 radical (unpaired) electrons. The van der Waals surface area contributed by atoms with Crippen molar-refractivity contribution in [3.63, 3.8) is 0 Å². The van der Waals surface area contributed by atoms with Gasteiger partial charge in [-0.3, -0.25) is 14.2 Å². The van der Waals surface area contributed by atoms with Crippen LogP contribution in [0.3, 0.4) is 0 Å². The van der Waals surface area contributed by atoms with Crippen LogP contribution in [-0.4, -0.2) is 21.6 Å². The Hall–Kier alpha value is -2.78. The van der Waals surface area contributed by atoms with E-state index in [2.05, 4.69) is 0 Å². The monoisotopic (exact) mass is 388 g/mol. The molecule has 1 atom stereocenters. The van der Waals surface area contributed by atoms with E-state index in [-0.39, 0.29) is 23.2 Å². The second-order valence-electron chi connectivity index (χ2n) is 6.36. The molecule has 1 N–H and O–H groups in total. The smallest absolute Gasteiger partial charge is 0.271 e. The van der Waals surface area contributed by atoms with Crippen molar-refractivity contribution in [1.82, 2.24) is 4.57 Å². The maximum absolute atomic E-state index is 12.9. The summed E-state index contributed by atoms with van der Waals surface area (Å²) in [5, 5.41) is 20.3. The molecule has 1 heterocycles. The molecule has 2 aromatic rings. The number of aromatic hydroxyl groups is 1. The van der Waals surface area contributed by atoms with Gasteiger partial charge in [0.15, 0.2) is 6.10 Å². The summed E-state index contributed by atoms with van der Waals surface area (Å²) in [5.74, 6) is -0.506. The number of pyridine rings is 1. The van der Waals surface area contributed by atoms with Crippen LogP contribution < -0.4 is 10.3 Å². The molecule has 0 spiro atoms. The average Bonchev–Trinajstić information content (AvgIpc) is 2.60. The molecule has 1 unspecified atom stereocenters. The summed E-state index contributed by atoms with van der Waals surface area (Å²) >= 11 is 6.15. The first-order chi connectivity index (χ1) is 12.6. The van der Waals surface area contributed by atoms with Crippen LogP contribution >= 0.6 is 11.6 Å². The zero-order chi connectivity index (χ0) is 20.5. The predicted molar refractivity (Wildman–Crippen MR) is 103 cm³/mol. The predicted octanol–water partition coefficient (Wildman–Crippen LogP) is 3.67. The Balaban J connectivity index is 2.49. The molecule has 6 nitrogen and oxygen atoms in total. The minimum Gasteiger partial charge on any atom is -0.494 e. The average molecular weight is 389 g/mol. The van der Waals surface area contributed by atoms with Crippen molar-refractivity contribution >= 4 is 17.4 Å². The first-order valence-electron chi connectivity index (χ1n) is 8.48. The first-order valence-corrected chi connectivity index (χ1v) is 8.85. The van der Waals surface area contributed by atoms with E-state index in [1.54, 1.807) is 26.0 Å². The van der Waals surface area contributed by atoms with Crippen LogP contribution in [0.1, 0.15) is 46.5 Å². The lowest BCUT2D eigenvalue weighted by molar-refractivity contribution is 0.0812. The lowest BCUT2D eigenvalue weighted by Gasteiger charge is -2.19. The summed E-state index contributed by atoms with van der Waals surface area (Å²) in [6.07, 6.45) is -0.941.